The van der Waals surface area contributed by atoms with Gasteiger partial charge in [0.2, 0.25) is 0 Å². The number of aromatic nitrogens is 1. The zero-order valence-electron chi connectivity index (χ0n) is 8.61. The zero-order chi connectivity index (χ0) is 10.9. The van der Waals surface area contributed by atoms with Gasteiger partial charge in [-0.15, -0.1) is 24.0 Å². The van der Waals surface area contributed by atoms with E-state index in [4.69, 9.17) is 16.8 Å². The number of pyridine rings is 1. The summed E-state index contributed by atoms with van der Waals surface area (Å²) in [5.41, 5.74) is 0. The van der Waals surface area contributed by atoms with Gasteiger partial charge in [0, 0.05) is 24.5 Å². The Morgan fingerprint density at radius 3 is 2.19 bits per heavy atom. The van der Waals surface area contributed by atoms with Crippen LogP contribution in [0.3, 0.4) is 0 Å². The number of hydrogen-bond donors (Lipinski definition) is 1. The molecule has 5 heteroatoms. The summed E-state index contributed by atoms with van der Waals surface area (Å²) in [5, 5.41) is 10.1. The number of nitrogens with zero attached hydrogens (tertiary/aromatic N) is 2. The summed E-state index contributed by atoms with van der Waals surface area (Å²) >= 11 is 5.49. The highest BCUT2D eigenvalue weighted by Gasteiger charge is 2.09. The molecule has 1 aliphatic heterocycles. The first-order chi connectivity index (χ1) is 7.34. The standard InChI is InChI=1S/C6H8ClNO.C5H5N.ClH/c7-5-6-3-1-2-4-8(6)9;1-2-4-6-5-3-1;/h1-4,6,9H,5H2;1-5H;1H. The molecule has 0 spiro atoms. The highest BCUT2D eigenvalue weighted by molar-refractivity contribution is 6.18. The van der Waals surface area contributed by atoms with Crippen molar-refractivity contribution in [1.82, 2.24) is 10.0 Å². The predicted octanol–water partition coefficient (Wildman–Crippen LogP) is 2.87. The molecule has 1 atom stereocenters. The van der Waals surface area contributed by atoms with Crippen LogP contribution >= 0.6 is 24.0 Å². The van der Waals surface area contributed by atoms with Crippen LogP contribution < -0.4 is 0 Å². The maximum absolute atomic E-state index is 8.98. The van der Waals surface area contributed by atoms with Crippen LogP contribution in [0.1, 0.15) is 0 Å². The van der Waals surface area contributed by atoms with Gasteiger partial charge in [0.25, 0.3) is 0 Å². The van der Waals surface area contributed by atoms with Gasteiger partial charge in [-0.1, -0.05) is 18.2 Å². The average molecular weight is 261 g/mol. The lowest BCUT2D eigenvalue weighted by molar-refractivity contribution is -0.0592. The van der Waals surface area contributed by atoms with Crippen LogP contribution in [0.5, 0.6) is 0 Å². The van der Waals surface area contributed by atoms with E-state index in [1.807, 2.05) is 30.4 Å². The molecule has 1 N–H and O–H groups in total. The summed E-state index contributed by atoms with van der Waals surface area (Å²) in [4.78, 5) is 3.78. The Hall–Kier alpha value is -1.03. The van der Waals surface area contributed by atoms with Crippen LogP contribution in [-0.4, -0.2) is 27.2 Å². The van der Waals surface area contributed by atoms with Crippen LogP contribution in [0.4, 0.5) is 0 Å². The zero-order valence-corrected chi connectivity index (χ0v) is 10.2. The third kappa shape index (κ3) is 5.75. The summed E-state index contributed by atoms with van der Waals surface area (Å²) < 4.78 is 0. The SMILES string of the molecule is Cl.ON1C=CC=CC1CCl.c1ccncc1. The molecule has 16 heavy (non-hydrogen) atoms. The molecule has 2 rings (SSSR count). The lowest BCUT2D eigenvalue weighted by atomic mass is 10.2. The molecule has 2 heterocycles. The fraction of sp³-hybridized carbons (Fsp3) is 0.182. The van der Waals surface area contributed by atoms with E-state index in [2.05, 4.69) is 4.98 Å². The van der Waals surface area contributed by atoms with Gasteiger partial charge in [0.15, 0.2) is 0 Å². The summed E-state index contributed by atoms with van der Waals surface area (Å²) in [6.07, 6.45) is 10.5. The number of rotatable bonds is 1. The van der Waals surface area contributed by atoms with Gasteiger partial charge >= 0.3 is 0 Å². The van der Waals surface area contributed by atoms with Gasteiger partial charge in [-0.3, -0.25) is 15.3 Å². The third-order valence-corrected chi connectivity index (χ3v) is 2.06. The lowest BCUT2D eigenvalue weighted by Gasteiger charge is -2.20. The number of hydrogen-bond acceptors (Lipinski definition) is 3. The average Bonchev–Trinajstić information content (AvgIpc) is 2.33. The number of allylic oxidation sites excluding steroid dienone is 2. The molecule has 1 aliphatic rings. The van der Waals surface area contributed by atoms with Gasteiger partial charge < -0.3 is 0 Å². The maximum Gasteiger partial charge on any atom is 0.0874 e. The van der Waals surface area contributed by atoms with E-state index in [0.717, 1.165) is 5.06 Å². The number of hydroxylamine groups is 2. The van der Waals surface area contributed by atoms with E-state index in [1.165, 1.54) is 0 Å². The maximum atomic E-state index is 8.98. The topological polar surface area (TPSA) is 36.4 Å². The Balaban J connectivity index is 0.000000283. The molecular weight excluding hydrogens is 247 g/mol. The number of halogens is 2. The summed E-state index contributed by atoms with van der Waals surface area (Å²) in [7, 11) is 0. The lowest BCUT2D eigenvalue weighted by Crippen LogP contribution is -2.28. The van der Waals surface area contributed by atoms with Crippen LogP contribution in [0.15, 0.2) is 55.0 Å². The molecule has 1 aromatic heterocycles. The second kappa shape index (κ2) is 9.21. The predicted molar refractivity (Wildman–Crippen MR) is 67.9 cm³/mol. The number of alkyl halides is 1. The second-order valence-electron chi connectivity index (χ2n) is 2.85. The Bertz CT molecular complexity index is 290. The molecule has 0 aromatic carbocycles. The van der Waals surface area contributed by atoms with Crippen LogP contribution in [0.25, 0.3) is 0 Å². The minimum absolute atomic E-state index is 0. The van der Waals surface area contributed by atoms with Crippen molar-refractivity contribution in [3.63, 3.8) is 0 Å². The van der Waals surface area contributed by atoms with Crippen molar-refractivity contribution in [1.29, 1.82) is 0 Å². The molecule has 0 aliphatic carbocycles. The smallest absolute Gasteiger partial charge is 0.0874 e. The van der Waals surface area contributed by atoms with E-state index in [1.54, 1.807) is 24.7 Å². The van der Waals surface area contributed by atoms with Gasteiger partial charge in [0.05, 0.1) is 6.04 Å². The summed E-state index contributed by atoms with van der Waals surface area (Å²) in [6, 6.07) is 5.66. The first-order valence-electron chi connectivity index (χ1n) is 4.57. The molecule has 0 radical (unpaired) electrons. The van der Waals surface area contributed by atoms with Crippen molar-refractivity contribution in [2.24, 2.45) is 0 Å². The van der Waals surface area contributed by atoms with Crippen molar-refractivity contribution < 1.29 is 5.21 Å². The second-order valence-corrected chi connectivity index (χ2v) is 3.16. The highest BCUT2D eigenvalue weighted by Crippen LogP contribution is 2.05. The van der Waals surface area contributed by atoms with E-state index >= 15 is 0 Å². The third-order valence-electron chi connectivity index (χ3n) is 1.75. The Morgan fingerprint density at radius 2 is 1.88 bits per heavy atom. The molecule has 1 unspecified atom stereocenters. The van der Waals surface area contributed by atoms with Gasteiger partial charge in [-0.2, -0.15) is 0 Å². The van der Waals surface area contributed by atoms with Crippen molar-refractivity contribution in [3.8, 4) is 0 Å². The van der Waals surface area contributed by atoms with Crippen molar-refractivity contribution in [2.75, 3.05) is 5.88 Å². The first kappa shape index (κ1) is 15.0. The van der Waals surface area contributed by atoms with Crippen molar-refractivity contribution >= 4 is 24.0 Å². The summed E-state index contributed by atoms with van der Waals surface area (Å²) in [6.45, 7) is 0. The molecule has 0 fully saturated rings. The van der Waals surface area contributed by atoms with Gasteiger partial charge in [0.1, 0.15) is 0 Å². The first-order valence-corrected chi connectivity index (χ1v) is 5.11. The molecule has 0 saturated heterocycles. The largest absolute Gasteiger partial charge is 0.288 e. The van der Waals surface area contributed by atoms with E-state index < -0.39 is 0 Å². The molecule has 0 bridgehead atoms. The molecule has 0 saturated carbocycles. The van der Waals surface area contributed by atoms with Gasteiger partial charge in [-0.25, -0.2) is 0 Å². The molecule has 0 amide bonds. The minimum atomic E-state index is -0.0586. The van der Waals surface area contributed by atoms with Crippen LogP contribution in [0.2, 0.25) is 0 Å². The molecule has 1 aromatic rings. The van der Waals surface area contributed by atoms with Crippen molar-refractivity contribution in [3.05, 3.63) is 55.0 Å². The molecular formula is C11H14Cl2N2O. The minimum Gasteiger partial charge on any atom is -0.288 e. The van der Waals surface area contributed by atoms with Crippen LogP contribution in [-0.2, 0) is 0 Å². The van der Waals surface area contributed by atoms with Gasteiger partial charge in [-0.05, 0) is 18.2 Å². The summed E-state index contributed by atoms with van der Waals surface area (Å²) in [5.74, 6) is 0.414. The fourth-order valence-electron chi connectivity index (χ4n) is 0.964. The normalized spacial score (nSPS) is 17.1. The van der Waals surface area contributed by atoms with E-state index in [-0.39, 0.29) is 18.4 Å². The Morgan fingerprint density at radius 1 is 1.19 bits per heavy atom. The highest BCUT2D eigenvalue weighted by atomic mass is 35.5. The van der Waals surface area contributed by atoms with E-state index in [0.29, 0.717) is 5.88 Å². The fourth-order valence-corrected chi connectivity index (χ4v) is 1.21. The van der Waals surface area contributed by atoms with Crippen molar-refractivity contribution in [2.45, 2.75) is 6.04 Å². The molecule has 88 valence electrons. The monoisotopic (exact) mass is 260 g/mol. The molecule has 3 nitrogen and oxygen atoms in total. The Kier molecular flexibility index (Phi) is 8.62. The van der Waals surface area contributed by atoms with Crippen LogP contribution in [0, 0.1) is 0 Å². The van der Waals surface area contributed by atoms with E-state index in [9.17, 15) is 0 Å². The quantitative estimate of drug-likeness (QED) is 0.790. The Labute approximate surface area is 106 Å².